The monoisotopic (exact) mass is 389 g/mol. The van der Waals surface area contributed by atoms with Crippen molar-refractivity contribution >= 4 is 17.5 Å². The van der Waals surface area contributed by atoms with Crippen LogP contribution in [0.4, 0.5) is 0 Å². The molecule has 1 heterocycles. The highest BCUT2D eigenvalue weighted by Crippen LogP contribution is 2.46. The number of hydrogen-bond acceptors (Lipinski definition) is 5. The third kappa shape index (κ3) is 3.16. The molecule has 5 heteroatoms. The molecule has 0 saturated carbocycles. The molecule has 29 heavy (non-hydrogen) atoms. The Hall–Kier alpha value is -3.21. The number of ketones is 1. The second-order valence-corrected chi connectivity index (χ2v) is 7.08. The molecule has 2 aromatic carbocycles. The van der Waals surface area contributed by atoms with E-state index in [1.165, 1.54) is 0 Å². The summed E-state index contributed by atoms with van der Waals surface area (Å²) in [6.07, 6.45) is 0. The van der Waals surface area contributed by atoms with Gasteiger partial charge < -0.3 is 9.47 Å². The van der Waals surface area contributed by atoms with E-state index in [1.807, 2.05) is 62.4 Å². The molecule has 0 amide bonds. The molecule has 0 fully saturated rings. The van der Waals surface area contributed by atoms with Crippen molar-refractivity contribution in [1.29, 1.82) is 0 Å². The fourth-order valence-electron chi connectivity index (χ4n) is 4.23. The van der Waals surface area contributed by atoms with E-state index < -0.39 is 17.8 Å². The molecule has 2 atom stereocenters. The van der Waals surface area contributed by atoms with Crippen molar-refractivity contribution in [2.75, 3.05) is 13.2 Å². The van der Waals surface area contributed by atoms with Gasteiger partial charge in [0.15, 0.2) is 5.78 Å². The number of allylic oxidation sites excluding steroid dienone is 1. The zero-order valence-electron chi connectivity index (χ0n) is 16.8. The van der Waals surface area contributed by atoms with Crippen molar-refractivity contribution in [3.05, 3.63) is 76.5 Å². The van der Waals surface area contributed by atoms with Crippen LogP contribution in [-0.2, 0) is 9.53 Å². The van der Waals surface area contributed by atoms with E-state index in [0.717, 1.165) is 22.6 Å². The molecular formula is C24H23NO4. The number of aliphatic imine (C=N–C) groups is 1. The highest BCUT2D eigenvalue weighted by Gasteiger charge is 2.47. The van der Waals surface area contributed by atoms with Crippen LogP contribution in [-0.4, -0.2) is 30.7 Å². The second kappa shape index (κ2) is 7.66. The molecule has 0 spiro atoms. The Bertz CT molecular complexity index is 1030. The van der Waals surface area contributed by atoms with Crippen LogP contribution in [0.25, 0.3) is 0 Å². The molecular weight excluding hydrogens is 366 g/mol. The van der Waals surface area contributed by atoms with E-state index in [9.17, 15) is 9.59 Å². The number of hydrogen-bond donors (Lipinski definition) is 0. The minimum atomic E-state index is -0.534. The first-order valence-corrected chi connectivity index (χ1v) is 9.89. The molecule has 0 saturated heterocycles. The number of ether oxygens (including phenoxy) is 2. The lowest BCUT2D eigenvalue weighted by Crippen LogP contribution is -2.32. The molecule has 148 valence electrons. The van der Waals surface area contributed by atoms with Crippen molar-refractivity contribution in [3.8, 4) is 5.75 Å². The molecule has 2 aromatic rings. The molecule has 2 aliphatic rings. The van der Waals surface area contributed by atoms with Gasteiger partial charge in [-0.3, -0.25) is 9.79 Å². The number of esters is 1. The largest absolute Gasteiger partial charge is 0.494 e. The van der Waals surface area contributed by atoms with Gasteiger partial charge in [0.05, 0.1) is 30.4 Å². The summed E-state index contributed by atoms with van der Waals surface area (Å²) in [4.78, 5) is 30.9. The van der Waals surface area contributed by atoms with E-state index in [4.69, 9.17) is 14.5 Å². The molecule has 1 aliphatic carbocycles. The van der Waals surface area contributed by atoms with Gasteiger partial charge in [-0.2, -0.15) is 0 Å². The van der Waals surface area contributed by atoms with E-state index in [1.54, 1.807) is 6.92 Å². The third-order valence-electron chi connectivity index (χ3n) is 5.41. The lowest BCUT2D eigenvalue weighted by molar-refractivity contribution is -0.139. The lowest BCUT2D eigenvalue weighted by Gasteiger charge is -2.30. The fourth-order valence-corrected chi connectivity index (χ4v) is 4.23. The second-order valence-electron chi connectivity index (χ2n) is 7.08. The topological polar surface area (TPSA) is 65.0 Å². The van der Waals surface area contributed by atoms with Crippen molar-refractivity contribution in [2.24, 2.45) is 10.9 Å². The van der Waals surface area contributed by atoms with Crippen LogP contribution in [0.3, 0.4) is 0 Å². The number of fused-ring (bicyclic) bond motifs is 3. The van der Waals surface area contributed by atoms with Gasteiger partial charge in [0.1, 0.15) is 5.75 Å². The molecule has 1 aliphatic heterocycles. The van der Waals surface area contributed by atoms with Crippen LogP contribution in [0, 0.1) is 5.92 Å². The zero-order chi connectivity index (χ0) is 20.5. The molecule has 1 unspecified atom stereocenters. The van der Waals surface area contributed by atoms with E-state index in [0.29, 0.717) is 23.4 Å². The molecule has 0 bridgehead atoms. The lowest BCUT2D eigenvalue weighted by atomic mass is 9.75. The molecule has 0 radical (unpaired) electrons. The predicted molar refractivity (Wildman–Crippen MR) is 110 cm³/mol. The summed E-state index contributed by atoms with van der Waals surface area (Å²) >= 11 is 0. The number of rotatable bonds is 5. The third-order valence-corrected chi connectivity index (χ3v) is 5.41. The average molecular weight is 389 g/mol. The first kappa shape index (κ1) is 19.1. The highest BCUT2D eigenvalue weighted by atomic mass is 16.5. The Morgan fingerprint density at radius 1 is 0.966 bits per heavy atom. The number of benzene rings is 2. The van der Waals surface area contributed by atoms with Crippen LogP contribution in [0.5, 0.6) is 5.75 Å². The van der Waals surface area contributed by atoms with Gasteiger partial charge in [-0.1, -0.05) is 36.4 Å². The van der Waals surface area contributed by atoms with Crippen LogP contribution in [0.2, 0.25) is 0 Å². The van der Waals surface area contributed by atoms with Crippen LogP contribution < -0.4 is 4.74 Å². The molecule has 0 N–H and O–H groups in total. The van der Waals surface area contributed by atoms with Gasteiger partial charge in [0.2, 0.25) is 0 Å². The van der Waals surface area contributed by atoms with Gasteiger partial charge >= 0.3 is 5.97 Å². The van der Waals surface area contributed by atoms with E-state index in [2.05, 4.69) is 0 Å². The van der Waals surface area contributed by atoms with Gasteiger partial charge in [-0.15, -0.1) is 0 Å². The Labute approximate surface area is 170 Å². The first-order chi connectivity index (χ1) is 14.1. The Balaban J connectivity index is 1.87. The highest BCUT2D eigenvalue weighted by molar-refractivity contribution is 6.30. The molecule has 4 rings (SSSR count). The maximum Gasteiger partial charge on any atom is 0.336 e. The maximum atomic E-state index is 13.3. The Morgan fingerprint density at radius 3 is 2.31 bits per heavy atom. The van der Waals surface area contributed by atoms with Crippen LogP contribution in [0.15, 0.2) is 64.8 Å². The van der Waals surface area contributed by atoms with Crippen molar-refractivity contribution in [2.45, 2.75) is 26.7 Å². The summed E-state index contributed by atoms with van der Waals surface area (Å²) in [5, 5.41) is 0. The normalized spacial score (nSPS) is 20.1. The smallest absolute Gasteiger partial charge is 0.336 e. The fraction of sp³-hybridized carbons (Fsp3) is 0.292. The van der Waals surface area contributed by atoms with Crippen molar-refractivity contribution in [3.63, 3.8) is 0 Å². The average Bonchev–Trinajstić information content (AvgIpc) is 3.00. The minimum Gasteiger partial charge on any atom is -0.494 e. The Kier molecular flexibility index (Phi) is 5.05. The number of carbonyl (C=O) groups excluding carboxylic acids is 2. The summed E-state index contributed by atoms with van der Waals surface area (Å²) in [7, 11) is 0. The minimum absolute atomic E-state index is 0.00691. The summed E-state index contributed by atoms with van der Waals surface area (Å²) < 4.78 is 10.9. The first-order valence-electron chi connectivity index (χ1n) is 9.89. The summed E-state index contributed by atoms with van der Waals surface area (Å²) in [6, 6.07) is 15.1. The Morgan fingerprint density at radius 2 is 1.66 bits per heavy atom. The summed E-state index contributed by atoms with van der Waals surface area (Å²) in [5.74, 6) is -0.658. The maximum absolute atomic E-state index is 13.3. The summed E-state index contributed by atoms with van der Waals surface area (Å²) in [6.45, 7) is 6.34. The molecule has 5 nitrogen and oxygen atoms in total. The SMILES string of the molecule is CCOC(=O)C1=C(C)N=C2c3ccccc3C(=O)C2[C@@H]1c1ccc(OCC)cc1. The van der Waals surface area contributed by atoms with Gasteiger partial charge in [-0.25, -0.2) is 4.79 Å². The van der Waals surface area contributed by atoms with E-state index in [-0.39, 0.29) is 12.4 Å². The van der Waals surface area contributed by atoms with Crippen molar-refractivity contribution < 1.29 is 19.1 Å². The van der Waals surface area contributed by atoms with E-state index >= 15 is 0 Å². The molecule has 0 aromatic heterocycles. The van der Waals surface area contributed by atoms with Gasteiger partial charge in [0.25, 0.3) is 0 Å². The standard InChI is InChI=1S/C24H23NO4/c1-4-28-16-12-10-15(11-13-16)20-19(24(27)29-5-2)14(3)25-22-17-8-6-7-9-18(17)23(26)21(20)22/h6-13,20-21H,4-5H2,1-3H3/t20-,21?/m1/s1. The van der Waals surface area contributed by atoms with Gasteiger partial charge in [0, 0.05) is 22.7 Å². The number of Topliss-reactive ketones (excluding diaryl/α,β-unsaturated/α-hetero) is 1. The van der Waals surface area contributed by atoms with Crippen LogP contribution >= 0.6 is 0 Å². The van der Waals surface area contributed by atoms with Gasteiger partial charge in [-0.05, 0) is 38.5 Å². The quantitative estimate of drug-likeness (QED) is 0.715. The number of carbonyl (C=O) groups is 2. The van der Waals surface area contributed by atoms with Crippen LogP contribution in [0.1, 0.15) is 48.2 Å². The summed E-state index contributed by atoms with van der Waals surface area (Å²) in [5.41, 5.74) is 4.15. The zero-order valence-corrected chi connectivity index (χ0v) is 16.8. The van der Waals surface area contributed by atoms with Crippen molar-refractivity contribution in [1.82, 2.24) is 0 Å². The number of nitrogens with zero attached hydrogens (tertiary/aromatic N) is 1. The predicted octanol–water partition coefficient (Wildman–Crippen LogP) is 4.32.